The predicted molar refractivity (Wildman–Crippen MR) is 305 cm³/mol. The third kappa shape index (κ3) is 11.3. The number of rotatable bonds is 4. The molecule has 0 N–H and O–H groups in total. The summed E-state index contributed by atoms with van der Waals surface area (Å²) in [5.74, 6) is 30.3. The third-order valence-corrected chi connectivity index (χ3v) is 12.9. The summed E-state index contributed by atoms with van der Waals surface area (Å²) in [6.07, 6.45) is 0. The molecule has 0 heteroatoms. The largest absolute Gasteiger partial charge is 0.0616 e. The summed E-state index contributed by atoms with van der Waals surface area (Å²) in [5, 5.41) is 0. The molecule has 0 bridgehead atoms. The zero-order valence-electron chi connectivity index (χ0n) is 42.5. The smallest absolute Gasteiger partial charge is 0.0503 e. The quantitative estimate of drug-likeness (QED) is 0.154. The van der Waals surface area contributed by atoms with E-state index < -0.39 is 0 Å². The molecule has 0 fully saturated rings. The average molecular weight is 921 g/mol. The number of allylic oxidation sites excluding steroid dienone is 8. The van der Waals surface area contributed by atoms with E-state index in [2.05, 4.69) is 297 Å². The topological polar surface area (TPSA) is 0 Å². The summed E-state index contributed by atoms with van der Waals surface area (Å²) in [5.41, 5.74) is 23.7. The molecular weight excluding hydrogens is 865 g/mol. The van der Waals surface area contributed by atoms with E-state index in [9.17, 15) is 0 Å². The average Bonchev–Trinajstić information content (AvgIpc) is 3.38. The van der Waals surface area contributed by atoms with Crippen LogP contribution in [0.4, 0.5) is 0 Å². The van der Waals surface area contributed by atoms with Crippen LogP contribution >= 0.6 is 0 Å². The number of hydrogen-bond acceptors (Lipinski definition) is 0. The van der Waals surface area contributed by atoms with Crippen LogP contribution in [0.1, 0.15) is 89.0 Å². The molecule has 0 atom stereocenters. The second kappa shape index (κ2) is 21.7. The van der Waals surface area contributed by atoms with Crippen molar-refractivity contribution in [2.24, 2.45) is 0 Å². The summed E-state index contributed by atoms with van der Waals surface area (Å²) >= 11 is 0. The highest BCUT2D eigenvalue weighted by molar-refractivity contribution is 6.18. The van der Waals surface area contributed by atoms with Crippen LogP contribution in [0.3, 0.4) is 0 Å². The van der Waals surface area contributed by atoms with E-state index in [1.54, 1.807) is 0 Å². The van der Waals surface area contributed by atoms with Gasteiger partial charge in [0.1, 0.15) is 0 Å². The van der Waals surface area contributed by atoms with Crippen LogP contribution in [-0.4, -0.2) is 0 Å². The van der Waals surface area contributed by atoms with Crippen molar-refractivity contribution in [3.05, 3.63) is 305 Å². The minimum atomic E-state index is 0.755. The van der Waals surface area contributed by atoms with E-state index in [1.165, 1.54) is 22.3 Å². The first-order valence-corrected chi connectivity index (χ1v) is 24.6. The minimum Gasteiger partial charge on any atom is -0.0616 e. The first-order chi connectivity index (χ1) is 34.9. The summed E-state index contributed by atoms with van der Waals surface area (Å²) < 4.78 is 0. The van der Waals surface area contributed by atoms with Gasteiger partial charge >= 0.3 is 0 Å². The highest BCUT2D eigenvalue weighted by Crippen LogP contribution is 2.48. The van der Waals surface area contributed by atoms with Gasteiger partial charge in [-0.25, -0.2) is 0 Å². The van der Waals surface area contributed by atoms with Crippen LogP contribution in [-0.2, 0) is 0 Å². The molecule has 8 aromatic rings. The molecule has 0 nitrogen and oxygen atoms in total. The van der Waals surface area contributed by atoms with Crippen molar-refractivity contribution in [2.75, 3.05) is 0 Å². The molecule has 0 unspecified atom stereocenters. The lowest BCUT2D eigenvalue weighted by Gasteiger charge is -2.27. The molecule has 0 radical (unpaired) electrons. The monoisotopic (exact) mass is 920 g/mol. The van der Waals surface area contributed by atoms with Gasteiger partial charge in [-0.3, -0.25) is 0 Å². The molecule has 0 saturated carbocycles. The van der Waals surface area contributed by atoms with Gasteiger partial charge in [0, 0.05) is 55.7 Å². The number of aryl methyl sites for hydroxylation is 8. The normalized spacial score (nSPS) is 16.3. The van der Waals surface area contributed by atoms with E-state index in [1.807, 2.05) is 0 Å². The highest BCUT2D eigenvalue weighted by atomic mass is 14.3. The zero-order valence-corrected chi connectivity index (χ0v) is 42.5. The molecule has 0 amide bonds. The molecule has 8 aromatic carbocycles. The van der Waals surface area contributed by atoms with Gasteiger partial charge in [0.15, 0.2) is 0 Å². The van der Waals surface area contributed by atoms with Gasteiger partial charge in [0.05, 0.1) is 11.1 Å². The number of hydrogen-bond donors (Lipinski definition) is 0. The van der Waals surface area contributed by atoms with Crippen molar-refractivity contribution in [2.45, 2.75) is 55.4 Å². The van der Waals surface area contributed by atoms with Crippen LogP contribution < -0.4 is 0 Å². The molecule has 0 aliphatic heterocycles. The minimum absolute atomic E-state index is 0.755. The molecule has 344 valence electrons. The van der Waals surface area contributed by atoms with Crippen molar-refractivity contribution in [1.29, 1.82) is 0 Å². The van der Waals surface area contributed by atoms with E-state index >= 15 is 0 Å². The Morgan fingerprint density at radius 1 is 0.167 bits per heavy atom. The SMILES string of the molecule is Cc1ccc(C#CC2=C(C#Cc3ccc(C)cc3)/C(c3ccc(C)cc3)=C(C#Cc3ccc(C)cc3)\C(c3ccc(C)cc3)=C(c3ccc(C)cc3)/C(C#Cc3ccc(C)cc3)=C\2c2ccc(C)cc2)cc1. The molecule has 72 heavy (non-hydrogen) atoms. The highest BCUT2D eigenvalue weighted by Gasteiger charge is 2.31. The van der Waals surface area contributed by atoms with Crippen LogP contribution in [0.2, 0.25) is 0 Å². The van der Waals surface area contributed by atoms with Crippen molar-refractivity contribution in [3.8, 4) is 47.4 Å². The maximum absolute atomic E-state index is 3.91. The van der Waals surface area contributed by atoms with Crippen molar-refractivity contribution in [1.82, 2.24) is 0 Å². The number of benzene rings is 8. The predicted octanol–water partition coefficient (Wildman–Crippen LogP) is 16.5. The van der Waals surface area contributed by atoms with Crippen LogP contribution in [0.25, 0.3) is 22.3 Å². The Morgan fingerprint density at radius 2 is 0.333 bits per heavy atom. The fourth-order valence-electron chi connectivity index (χ4n) is 8.62. The first-order valence-electron chi connectivity index (χ1n) is 24.6. The van der Waals surface area contributed by atoms with E-state index in [4.69, 9.17) is 0 Å². The fraction of sp³-hybridized carbons (Fsp3) is 0.111. The Bertz CT molecular complexity index is 3450. The second-order valence-electron chi connectivity index (χ2n) is 18.9. The van der Waals surface area contributed by atoms with E-state index in [0.29, 0.717) is 0 Å². The van der Waals surface area contributed by atoms with Crippen molar-refractivity contribution in [3.63, 3.8) is 0 Å². The van der Waals surface area contributed by atoms with Gasteiger partial charge in [0.2, 0.25) is 0 Å². The standard InChI is InChI=1S/C72H56/c1-49-9-25-57(26-10-49)33-45-65-66(46-34-58-27-11-50(2)12-28-58)70(62-39-19-54(6)20-40-62)68(48-36-60-31-15-52(4)16-32-60)72(64-43-23-56(8)24-44-64)71(63-41-21-55(7)22-42-63)67(47-35-59-29-13-51(3)14-30-59)69(65)61-37-17-53(5)18-38-61/h9-32,37-44H,1-8H3/b66-65-,69-65?,69-67-,70-66?,70-68-,71-67?,72-68?,72-71-. The Labute approximate surface area is 428 Å². The lowest BCUT2D eigenvalue weighted by molar-refractivity contribution is 1.41. The molecule has 1 aliphatic rings. The second-order valence-corrected chi connectivity index (χ2v) is 18.9. The molecule has 0 heterocycles. The molecule has 0 saturated heterocycles. The van der Waals surface area contributed by atoms with Gasteiger partial charge in [0.25, 0.3) is 0 Å². The van der Waals surface area contributed by atoms with Crippen molar-refractivity contribution < 1.29 is 0 Å². The van der Waals surface area contributed by atoms with E-state index in [0.717, 1.165) is 111 Å². The Balaban J connectivity index is 1.61. The zero-order chi connectivity index (χ0) is 50.1. The molecular formula is C72H56. The van der Waals surface area contributed by atoms with Crippen molar-refractivity contribution >= 4 is 22.3 Å². The van der Waals surface area contributed by atoms with Crippen LogP contribution in [0, 0.1) is 103 Å². The van der Waals surface area contributed by atoms with Gasteiger partial charge in [-0.1, -0.05) is 237 Å². The van der Waals surface area contributed by atoms with Gasteiger partial charge in [-0.2, -0.15) is 0 Å². The molecule has 9 rings (SSSR count). The third-order valence-electron chi connectivity index (χ3n) is 12.9. The first kappa shape index (κ1) is 48.0. The fourth-order valence-corrected chi connectivity index (χ4v) is 8.62. The lowest BCUT2D eigenvalue weighted by atomic mass is 9.74. The molecule has 0 aromatic heterocycles. The van der Waals surface area contributed by atoms with Crippen LogP contribution in [0.5, 0.6) is 0 Å². The maximum Gasteiger partial charge on any atom is 0.0503 e. The molecule has 1 aliphatic carbocycles. The van der Waals surface area contributed by atoms with Gasteiger partial charge < -0.3 is 0 Å². The van der Waals surface area contributed by atoms with Gasteiger partial charge in [-0.15, -0.1) is 0 Å². The summed E-state index contributed by atoms with van der Waals surface area (Å²) in [6.45, 7) is 17.0. The summed E-state index contributed by atoms with van der Waals surface area (Å²) in [4.78, 5) is 0. The van der Waals surface area contributed by atoms with Gasteiger partial charge in [-0.05, 0) is 126 Å². The summed E-state index contributed by atoms with van der Waals surface area (Å²) in [6, 6.07) is 69.0. The lowest BCUT2D eigenvalue weighted by Crippen LogP contribution is -2.10. The van der Waals surface area contributed by atoms with Crippen LogP contribution in [0.15, 0.2) is 216 Å². The van der Waals surface area contributed by atoms with E-state index in [-0.39, 0.29) is 0 Å². The Kier molecular flexibility index (Phi) is 14.5. The summed E-state index contributed by atoms with van der Waals surface area (Å²) in [7, 11) is 0. The Hall–Kier alpha value is -9.04. The maximum atomic E-state index is 3.91. The molecule has 0 spiro atoms. The Morgan fingerprint density at radius 3 is 0.542 bits per heavy atom.